The van der Waals surface area contributed by atoms with E-state index in [1.807, 2.05) is 6.92 Å². The Kier molecular flexibility index (Phi) is 6.26. The van der Waals surface area contributed by atoms with Crippen molar-refractivity contribution >= 4 is 5.78 Å². The summed E-state index contributed by atoms with van der Waals surface area (Å²) < 4.78 is 10.4. The maximum absolute atomic E-state index is 12.7. The van der Waals surface area contributed by atoms with E-state index in [9.17, 15) is 4.79 Å². The minimum Gasteiger partial charge on any atom is -0.385 e. The average molecular weight is 257 g/mol. The van der Waals surface area contributed by atoms with Crippen molar-refractivity contribution in [3.05, 3.63) is 0 Å². The SMILES string of the molecule is CCC(C)(C(=O)C(C)CCOC)N1CCOCC1. The predicted molar refractivity (Wildman–Crippen MR) is 71.8 cm³/mol. The van der Waals surface area contributed by atoms with Crippen molar-refractivity contribution in [1.82, 2.24) is 4.90 Å². The third-order valence-corrected chi connectivity index (χ3v) is 4.13. The summed E-state index contributed by atoms with van der Waals surface area (Å²) in [5.41, 5.74) is -0.350. The number of rotatable bonds is 7. The normalized spacial score (nSPS) is 22.4. The molecule has 18 heavy (non-hydrogen) atoms. The Morgan fingerprint density at radius 3 is 2.56 bits per heavy atom. The molecule has 1 aliphatic rings. The lowest BCUT2D eigenvalue weighted by Gasteiger charge is -2.42. The third kappa shape index (κ3) is 3.53. The molecule has 0 aromatic heterocycles. The molecule has 2 atom stereocenters. The van der Waals surface area contributed by atoms with Crippen LogP contribution in [0.3, 0.4) is 0 Å². The summed E-state index contributed by atoms with van der Waals surface area (Å²) in [4.78, 5) is 14.9. The van der Waals surface area contributed by atoms with E-state index >= 15 is 0 Å². The van der Waals surface area contributed by atoms with Crippen LogP contribution in [0.4, 0.5) is 0 Å². The largest absolute Gasteiger partial charge is 0.385 e. The summed E-state index contributed by atoms with van der Waals surface area (Å²) in [5.74, 6) is 0.390. The first-order valence-corrected chi connectivity index (χ1v) is 6.92. The lowest BCUT2D eigenvalue weighted by atomic mass is 9.83. The van der Waals surface area contributed by atoms with Gasteiger partial charge < -0.3 is 9.47 Å². The number of morpholine rings is 1. The van der Waals surface area contributed by atoms with Crippen LogP contribution >= 0.6 is 0 Å². The Labute approximate surface area is 111 Å². The quantitative estimate of drug-likeness (QED) is 0.696. The molecule has 0 aromatic rings. The summed E-state index contributed by atoms with van der Waals surface area (Å²) in [6.45, 7) is 10.00. The molecule has 0 aromatic carbocycles. The number of carbonyl (C=O) groups excluding carboxylic acids is 1. The van der Waals surface area contributed by atoms with E-state index in [2.05, 4.69) is 18.7 Å². The number of methoxy groups -OCH3 is 1. The highest BCUT2D eigenvalue weighted by Gasteiger charge is 2.40. The maximum atomic E-state index is 12.7. The zero-order valence-electron chi connectivity index (χ0n) is 12.2. The molecule has 0 saturated carbocycles. The third-order valence-electron chi connectivity index (χ3n) is 4.13. The average Bonchev–Trinajstić information content (AvgIpc) is 2.43. The maximum Gasteiger partial charge on any atom is 0.155 e. The molecule has 0 bridgehead atoms. The van der Waals surface area contributed by atoms with Crippen LogP contribution in [0.5, 0.6) is 0 Å². The van der Waals surface area contributed by atoms with Crippen molar-refractivity contribution in [2.75, 3.05) is 40.0 Å². The smallest absolute Gasteiger partial charge is 0.155 e. The van der Waals surface area contributed by atoms with Crippen LogP contribution in [0.15, 0.2) is 0 Å². The van der Waals surface area contributed by atoms with Crippen LogP contribution in [0, 0.1) is 5.92 Å². The van der Waals surface area contributed by atoms with Crippen LogP contribution in [-0.4, -0.2) is 56.2 Å². The zero-order valence-corrected chi connectivity index (χ0v) is 12.2. The number of hydrogen-bond acceptors (Lipinski definition) is 4. The molecule has 0 N–H and O–H groups in total. The monoisotopic (exact) mass is 257 g/mol. The molecule has 1 saturated heterocycles. The molecule has 1 fully saturated rings. The van der Waals surface area contributed by atoms with Crippen molar-refractivity contribution in [2.45, 2.75) is 39.2 Å². The minimum absolute atomic E-state index is 0.0535. The van der Waals surface area contributed by atoms with Crippen molar-refractivity contribution in [3.63, 3.8) is 0 Å². The number of carbonyl (C=O) groups is 1. The van der Waals surface area contributed by atoms with E-state index in [1.165, 1.54) is 0 Å². The zero-order chi connectivity index (χ0) is 13.6. The van der Waals surface area contributed by atoms with Crippen LogP contribution < -0.4 is 0 Å². The first-order valence-electron chi connectivity index (χ1n) is 6.92. The van der Waals surface area contributed by atoms with Gasteiger partial charge in [0.05, 0.1) is 18.8 Å². The van der Waals surface area contributed by atoms with E-state index in [1.54, 1.807) is 7.11 Å². The van der Waals surface area contributed by atoms with E-state index in [4.69, 9.17) is 9.47 Å². The van der Waals surface area contributed by atoms with Crippen LogP contribution in [0.2, 0.25) is 0 Å². The van der Waals surface area contributed by atoms with Crippen molar-refractivity contribution in [2.24, 2.45) is 5.92 Å². The Hall–Kier alpha value is -0.450. The van der Waals surface area contributed by atoms with Crippen molar-refractivity contribution in [3.8, 4) is 0 Å². The van der Waals surface area contributed by atoms with Gasteiger partial charge in [-0.25, -0.2) is 0 Å². The molecule has 1 rings (SSSR count). The van der Waals surface area contributed by atoms with Gasteiger partial charge in [0.15, 0.2) is 5.78 Å². The standard InChI is InChI=1S/C14H27NO3/c1-5-14(3,15-7-10-18-11-8-15)13(16)12(2)6-9-17-4/h12H,5-11H2,1-4H3. The summed E-state index contributed by atoms with van der Waals surface area (Å²) in [6.07, 6.45) is 1.65. The second-order valence-corrected chi connectivity index (χ2v) is 5.27. The second-order valence-electron chi connectivity index (χ2n) is 5.27. The Balaban J connectivity index is 2.69. The lowest BCUT2D eigenvalue weighted by molar-refractivity contribution is -0.138. The van der Waals surface area contributed by atoms with E-state index in [0.717, 1.165) is 39.1 Å². The summed E-state index contributed by atoms with van der Waals surface area (Å²) in [5, 5.41) is 0. The van der Waals surface area contributed by atoms with Crippen molar-refractivity contribution < 1.29 is 14.3 Å². The van der Waals surface area contributed by atoms with Gasteiger partial charge in [-0.2, -0.15) is 0 Å². The molecule has 4 heteroatoms. The molecule has 0 spiro atoms. The Morgan fingerprint density at radius 1 is 1.44 bits per heavy atom. The van der Waals surface area contributed by atoms with Gasteiger partial charge in [0.1, 0.15) is 0 Å². The molecule has 2 unspecified atom stereocenters. The number of nitrogens with zero attached hydrogens (tertiary/aromatic N) is 1. The highest BCUT2D eigenvalue weighted by Crippen LogP contribution is 2.26. The molecular weight excluding hydrogens is 230 g/mol. The van der Waals surface area contributed by atoms with Gasteiger partial charge in [0, 0.05) is 32.7 Å². The number of Topliss-reactive ketones (excluding diaryl/α,β-unsaturated/α-hetero) is 1. The van der Waals surface area contributed by atoms with Gasteiger partial charge in [0.25, 0.3) is 0 Å². The lowest BCUT2D eigenvalue weighted by Crippen LogP contribution is -2.57. The predicted octanol–water partition coefficient (Wildman–Crippen LogP) is 1.73. The fourth-order valence-electron chi connectivity index (χ4n) is 2.57. The summed E-state index contributed by atoms with van der Waals surface area (Å²) in [7, 11) is 1.68. The van der Waals surface area contributed by atoms with E-state index in [-0.39, 0.29) is 11.5 Å². The van der Waals surface area contributed by atoms with Gasteiger partial charge in [-0.3, -0.25) is 9.69 Å². The second kappa shape index (κ2) is 7.22. The molecular formula is C14H27NO3. The van der Waals surface area contributed by atoms with Gasteiger partial charge in [-0.1, -0.05) is 13.8 Å². The summed E-state index contributed by atoms with van der Waals surface area (Å²) >= 11 is 0. The topological polar surface area (TPSA) is 38.8 Å². The Morgan fingerprint density at radius 2 is 2.06 bits per heavy atom. The number of ether oxygens (including phenoxy) is 2. The first kappa shape index (κ1) is 15.6. The van der Waals surface area contributed by atoms with Crippen LogP contribution in [0.25, 0.3) is 0 Å². The molecule has 1 heterocycles. The van der Waals surface area contributed by atoms with Gasteiger partial charge in [-0.05, 0) is 19.8 Å². The van der Waals surface area contributed by atoms with E-state index in [0.29, 0.717) is 12.4 Å². The molecule has 0 amide bonds. The minimum atomic E-state index is -0.350. The molecule has 106 valence electrons. The fraction of sp³-hybridized carbons (Fsp3) is 0.929. The van der Waals surface area contributed by atoms with Crippen molar-refractivity contribution in [1.29, 1.82) is 0 Å². The first-order chi connectivity index (χ1) is 8.56. The highest BCUT2D eigenvalue weighted by atomic mass is 16.5. The molecule has 1 aliphatic heterocycles. The molecule has 0 aliphatic carbocycles. The van der Waals surface area contributed by atoms with Gasteiger partial charge in [0.2, 0.25) is 0 Å². The molecule has 0 radical (unpaired) electrons. The van der Waals surface area contributed by atoms with Gasteiger partial charge >= 0.3 is 0 Å². The molecule has 4 nitrogen and oxygen atoms in total. The number of hydrogen-bond donors (Lipinski definition) is 0. The fourth-order valence-corrected chi connectivity index (χ4v) is 2.57. The van der Waals surface area contributed by atoms with Crippen LogP contribution in [0.1, 0.15) is 33.6 Å². The highest BCUT2D eigenvalue weighted by molar-refractivity contribution is 5.89. The van der Waals surface area contributed by atoms with Crippen LogP contribution in [-0.2, 0) is 14.3 Å². The number of ketones is 1. The summed E-state index contributed by atoms with van der Waals surface area (Å²) in [6, 6.07) is 0. The van der Waals surface area contributed by atoms with E-state index < -0.39 is 0 Å². The van der Waals surface area contributed by atoms with Gasteiger partial charge in [-0.15, -0.1) is 0 Å². The Bertz CT molecular complexity index is 264.